The number of nitrogens with zero attached hydrogens (tertiary/aromatic N) is 4. The molecule has 7 rings (SSSR count). The van der Waals surface area contributed by atoms with Gasteiger partial charge in [0, 0.05) is 5.69 Å². The molecular weight excluding hydrogens is 410 g/mol. The predicted octanol–water partition coefficient (Wildman–Crippen LogP) is 5.94. The van der Waals surface area contributed by atoms with Crippen LogP contribution in [-0.2, 0) is 6.42 Å². The van der Waals surface area contributed by atoms with Gasteiger partial charge in [-0.25, -0.2) is 15.0 Å². The van der Waals surface area contributed by atoms with Gasteiger partial charge in [0.25, 0.3) is 0 Å². The Morgan fingerprint density at radius 3 is 2.68 bits per heavy atom. The van der Waals surface area contributed by atoms with Crippen molar-refractivity contribution in [2.75, 3.05) is 0 Å². The fraction of sp³-hybridized carbons (Fsp3) is 0.417. The molecule has 7 heteroatoms. The van der Waals surface area contributed by atoms with Crippen molar-refractivity contribution in [1.29, 1.82) is 0 Å². The van der Waals surface area contributed by atoms with Crippen molar-refractivity contribution >= 4 is 22.6 Å². The lowest BCUT2D eigenvalue weighted by Crippen LogP contribution is -2.39. The van der Waals surface area contributed by atoms with Gasteiger partial charge in [-0.1, -0.05) is 18.5 Å². The number of aromatic amines is 1. The van der Waals surface area contributed by atoms with Gasteiger partial charge in [-0.2, -0.15) is 5.10 Å². The molecule has 3 aliphatic rings. The van der Waals surface area contributed by atoms with Crippen molar-refractivity contribution in [3.63, 3.8) is 0 Å². The standard InChI is InChI=1S/C24H24ClN5O/c1-13-14-4-6-15(7-5-14)18(13)11-16-12-19(20-3-2-10-31-20)27-24(26-16)22-17-8-9-21(25)28-23(17)30-29-22/h2-3,8-10,12-15,18H,4-7,11H2,1H3,(H,28,29,30)/t13-,14?,15?,18+/m0/s1. The van der Waals surface area contributed by atoms with Gasteiger partial charge in [-0.05, 0) is 86.1 Å². The Morgan fingerprint density at radius 2 is 1.90 bits per heavy atom. The molecule has 0 radical (unpaired) electrons. The third-order valence-electron chi connectivity index (χ3n) is 7.45. The lowest BCUT2D eigenvalue weighted by molar-refractivity contribution is 0.0339. The largest absolute Gasteiger partial charge is 0.463 e. The van der Waals surface area contributed by atoms with E-state index in [0.717, 1.165) is 52.4 Å². The quantitative estimate of drug-likeness (QED) is 0.402. The summed E-state index contributed by atoms with van der Waals surface area (Å²) in [6, 6.07) is 9.59. The van der Waals surface area contributed by atoms with Crippen LogP contribution >= 0.6 is 11.6 Å². The van der Waals surface area contributed by atoms with Crippen molar-refractivity contribution in [3.8, 4) is 23.0 Å². The van der Waals surface area contributed by atoms with E-state index in [1.165, 1.54) is 25.7 Å². The van der Waals surface area contributed by atoms with Crippen LogP contribution in [0.3, 0.4) is 0 Å². The zero-order valence-electron chi connectivity index (χ0n) is 17.4. The first-order valence-corrected chi connectivity index (χ1v) is 11.5. The number of halogens is 1. The second kappa shape index (κ2) is 7.45. The van der Waals surface area contributed by atoms with E-state index < -0.39 is 0 Å². The molecule has 6 nitrogen and oxygen atoms in total. The molecule has 3 aliphatic carbocycles. The first-order valence-electron chi connectivity index (χ1n) is 11.1. The molecule has 0 amide bonds. The Labute approximate surface area is 185 Å². The summed E-state index contributed by atoms with van der Waals surface area (Å²) < 4.78 is 5.66. The number of hydrogen-bond acceptors (Lipinski definition) is 5. The minimum Gasteiger partial charge on any atom is -0.463 e. The molecule has 0 aromatic carbocycles. The van der Waals surface area contributed by atoms with Crippen molar-refractivity contribution in [2.24, 2.45) is 23.7 Å². The number of rotatable bonds is 4. The highest BCUT2D eigenvalue weighted by Crippen LogP contribution is 2.49. The van der Waals surface area contributed by atoms with Crippen LogP contribution in [0, 0.1) is 23.7 Å². The molecule has 3 saturated carbocycles. The van der Waals surface area contributed by atoms with E-state index in [1.54, 1.807) is 12.3 Å². The number of furan rings is 1. The molecule has 2 atom stereocenters. The van der Waals surface area contributed by atoms with Crippen LogP contribution in [-0.4, -0.2) is 25.1 Å². The van der Waals surface area contributed by atoms with E-state index in [2.05, 4.69) is 28.2 Å². The third-order valence-corrected chi connectivity index (χ3v) is 7.66. The summed E-state index contributed by atoms with van der Waals surface area (Å²) in [5, 5.41) is 8.66. The van der Waals surface area contributed by atoms with E-state index in [0.29, 0.717) is 22.5 Å². The molecule has 0 unspecified atom stereocenters. The highest BCUT2D eigenvalue weighted by Gasteiger charge is 2.41. The lowest BCUT2D eigenvalue weighted by Gasteiger charge is -2.47. The maximum atomic E-state index is 6.04. The summed E-state index contributed by atoms with van der Waals surface area (Å²) >= 11 is 6.04. The highest BCUT2D eigenvalue weighted by atomic mass is 35.5. The van der Waals surface area contributed by atoms with E-state index in [1.807, 2.05) is 18.2 Å². The van der Waals surface area contributed by atoms with Crippen molar-refractivity contribution in [1.82, 2.24) is 25.1 Å². The Hall–Kier alpha value is -2.73. The van der Waals surface area contributed by atoms with Crippen molar-refractivity contribution in [3.05, 3.63) is 47.4 Å². The summed E-state index contributed by atoms with van der Waals surface area (Å²) in [5.41, 5.74) is 3.18. The summed E-state index contributed by atoms with van der Waals surface area (Å²) in [7, 11) is 0. The monoisotopic (exact) mass is 433 g/mol. The molecule has 0 saturated heterocycles. The van der Waals surface area contributed by atoms with Crippen LogP contribution in [0.15, 0.2) is 41.0 Å². The second-order valence-electron chi connectivity index (χ2n) is 9.05. The molecule has 0 spiro atoms. The minimum absolute atomic E-state index is 0.415. The lowest BCUT2D eigenvalue weighted by atomic mass is 9.58. The fourth-order valence-corrected chi connectivity index (χ4v) is 5.92. The van der Waals surface area contributed by atoms with Crippen LogP contribution in [0.1, 0.15) is 38.3 Å². The molecule has 4 aromatic heterocycles. The normalized spacial score (nSPS) is 25.4. The van der Waals surface area contributed by atoms with Gasteiger partial charge in [0.15, 0.2) is 17.2 Å². The zero-order chi connectivity index (χ0) is 20.9. The summed E-state index contributed by atoms with van der Waals surface area (Å²) in [4.78, 5) is 14.1. The molecule has 31 heavy (non-hydrogen) atoms. The zero-order valence-corrected chi connectivity index (χ0v) is 18.1. The number of nitrogens with one attached hydrogen (secondary N) is 1. The summed E-state index contributed by atoms with van der Waals surface area (Å²) in [6.45, 7) is 2.44. The van der Waals surface area contributed by atoms with Crippen molar-refractivity contribution < 1.29 is 4.42 Å². The summed E-state index contributed by atoms with van der Waals surface area (Å²) in [6.07, 6.45) is 8.16. The highest BCUT2D eigenvalue weighted by molar-refractivity contribution is 6.29. The number of pyridine rings is 1. The van der Waals surface area contributed by atoms with E-state index >= 15 is 0 Å². The van der Waals surface area contributed by atoms with E-state index in [-0.39, 0.29) is 0 Å². The van der Waals surface area contributed by atoms with Gasteiger partial charge in [0.1, 0.15) is 16.5 Å². The smallest absolute Gasteiger partial charge is 0.183 e. The fourth-order valence-electron chi connectivity index (χ4n) is 5.78. The van der Waals surface area contributed by atoms with Gasteiger partial charge in [-0.15, -0.1) is 0 Å². The molecule has 1 N–H and O–H groups in total. The Bertz CT molecular complexity index is 1220. The molecule has 4 aromatic rings. The SMILES string of the molecule is C[C@H]1C2CCC(CC2)[C@@H]1Cc1cc(-c2ccco2)nc(-c2[nH]nc3nc(Cl)ccc23)n1. The maximum Gasteiger partial charge on any atom is 0.183 e. The molecule has 2 bridgehead atoms. The number of hydrogen-bond donors (Lipinski definition) is 1. The van der Waals surface area contributed by atoms with Gasteiger partial charge in [0.05, 0.1) is 11.6 Å². The number of aromatic nitrogens is 5. The summed E-state index contributed by atoms with van der Waals surface area (Å²) in [5.74, 6) is 4.46. The molecule has 3 fully saturated rings. The van der Waals surface area contributed by atoms with Gasteiger partial charge >= 0.3 is 0 Å². The van der Waals surface area contributed by atoms with Crippen LogP contribution in [0.25, 0.3) is 34.0 Å². The van der Waals surface area contributed by atoms with Crippen LogP contribution < -0.4 is 0 Å². The van der Waals surface area contributed by atoms with Crippen molar-refractivity contribution in [2.45, 2.75) is 39.0 Å². The van der Waals surface area contributed by atoms with Crippen LogP contribution in [0.4, 0.5) is 0 Å². The number of H-pyrrole nitrogens is 1. The minimum atomic E-state index is 0.415. The Balaban J connectivity index is 1.43. The third kappa shape index (κ3) is 3.33. The van der Waals surface area contributed by atoms with Gasteiger partial charge in [0.2, 0.25) is 0 Å². The Kier molecular flexibility index (Phi) is 4.56. The van der Waals surface area contributed by atoms with Crippen LogP contribution in [0.2, 0.25) is 5.15 Å². The molecule has 0 aliphatic heterocycles. The van der Waals surface area contributed by atoms with E-state index in [9.17, 15) is 0 Å². The Morgan fingerprint density at radius 1 is 1.06 bits per heavy atom. The molecular formula is C24H24ClN5O. The van der Waals surface area contributed by atoms with Gasteiger partial charge < -0.3 is 4.42 Å². The van der Waals surface area contributed by atoms with Gasteiger partial charge in [-0.3, -0.25) is 5.10 Å². The van der Waals surface area contributed by atoms with Crippen LogP contribution in [0.5, 0.6) is 0 Å². The first kappa shape index (κ1) is 19.0. The maximum absolute atomic E-state index is 6.04. The predicted molar refractivity (Wildman–Crippen MR) is 119 cm³/mol. The average molecular weight is 434 g/mol. The number of fused-ring (bicyclic) bond motifs is 4. The molecule has 4 heterocycles. The average Bonchev–Trinajstić information content (AvgIpc) is 3.46. The first-order chi connectivity index (χ1) is 15.2. The second-order valence-corrected chi connectivity index (χ2v) is 9.44. The molecule has 158 valence electrons. The topological polar surface area (TPSA) is 80.5 Å². The van der Waals surface area contributed by atoms with E-state index in [4.69, 9.17) is 26.0 Å².